The molecule has 0 aliphatic carbocycles. The van der Waals surface area contributed by atoms with Crippen LogP contribution in [0, 0.1) is 6.92 Å². The number of carbonyl (C=O) groups excluding carboxylic acids is 1. The normalized spacial score (nSPS) is 19.9. The van der Waals surface area contributed by atoms with Crippen molar-refractivity contribution < 1.29 is 16.8 Å². The summed E-state index contributed by atoms with van der Waals surface area (Å²) in [5.41, 5.74) is 0.994. The zero-order valence-electron chi connectivity index (χ0n) is 12.2. The van der Waals surface area contributed by atoms with Crippen LogP contribution in [0.4, 0.5) is 0 Å². The van der Waals surface area contributed by atoms with E-state index < -0.39 is 20.4 Å². The van der Waals surface area contributed by atoms with Crippen LogP contribution >= 0.6 is 22.1 Å². The van der Waals surface area contributed by atoms with E-state index in [4.69, 9.17) is 3.63 Å². The third-order valence-electron chi connectivity index (χ3n) is 3.21. The average molecular weight is 349 g/mol. The molecule has 0 N–H and O–H groups in total. The van der Waals surface area contributed by atoms with Crippen molar-refractivity contribution in [1.29, 1.82) is 0 Å². The van der Waals surface area contributed by atoms with Gasteiger partial charge in [0.05, 0.1) is 10.6 Å². The monoisotopic (exact) mass is 348 g/mol. The zero-order valence-corrected chi connectivity index (χ0v) is 14.7. The molecule has 4 nitrogen and oxygen atoms in total. The number of hydrogen-bond acceptors (Lipinski definition) is 5. The van der Waals surface area contributed by atoms with Crippen LogP contribution in [0.3, 0.4) is 0 Å². The summed E-state index contributed by atoms with van der Waals surface area (Å²) in [6, 6.07) is 6.62. The lowest BCUT2D eigenvalue weighted by Crippen LogP contribution is -2.28. The maximum atomic E-state index is 12.5. The minimum Gasteiger partial charge on any atom is -0.299 e. The Morgan fingerprint density at radius 3 is 2.33 bits per heavy atom. The van der Waals surface area contributed by atoms with Crippen molar-refractivity contribution in [2.45, 2.75) is 18.7 Å². The third kappa shape index (κ3) is 4.48. The second kappa shape index (κ2) is 6.73. The fourth-order valence-electron chi connectivity index (χ4n) is 2.17. The summed E-state index contributed by atoms with van der Waals surface area (Å²) >= 11 is 1.78. The Kier molecular flexibility index (Phi) is 5.40. The molecule has 118 valence electrons. The first-order valence-electron chi connectivity index (χ1n) is 6.69. The van der Waals surface area contributed by atoms with E-state index >= 15 is 0 Å². The molecule has 1 saturated heterocycles. The van der Waals surface area contributed by atoms with Crippen molar-refractivity contribution in [2.75, 3.05) is 28.8 Å². The Balaban J connectivity index is 2.26. The first kappa shape index (κ1) is 16.9. The van der Waals surface area contributed by atoms with Crippen molar-refractivity contribution in [2.24, 2.45) is 0 Å². The summed E-state index contributed by atoms with van der Waals surface area (Å²) in [6.07, 6.45) is 0. The molecule has 1 aliphatic heterocycles. The van der Waals surface area contributed by atoms with Crippen LogP contribution in [0.1, 0.15) is 12.5 Å². The number of Topliss-reactive ketones (excluding diaryl/α,β-unsaturated/α-hetero) is 1. The van der Waals surface area contributed by atoms with E-state index in [0.717, 1.165) is 17.1 Å². The van der Waals surface area contributed by atoms with Crippen molar-refractivity contribution in [3.63, 3.8) is 0 Å². The van der Waals surface area contributed by atoms with E-state index in [1.165, 1.54) is 6.92 Å². The number of benzene rings is 1. The fourth-order valence-corrected chi connectivity index (χ4v) is 10.0. The molecular formula is C14H20O4S3. The molecule has 0 spiro atoms. The number of hydrogen-bond donors (Lipinski definition) is 0. The van der Waals surface area contributed by atoms with Crippen molar-refractivity contribution in [3.8, 4) is 0 Å². The van der Waals surface area contributed by atoms with Gasteiger partial charge in [-0.1, -0.05) is 17.7 Å². The van der Waals surface area contributed by atoms with Crippen LogP contribution in [0.15, 0.2) is 29.2 Å². The first-order valence-corrected chi connectivity index (χ1v) is 11.3. The van der Waals surface area contributed by atoms with Crippen LogP contribution in [-0.4, -0.2) is 43.0 Å². The van der Waals surface area contributed by atoms with Crippen molar-refractivity contribution >= 4 is 38.0 Å². The largest absolute Gasteiger partial charge is 0.306 e. The molecule has 1 aromatic carbocycles. The SMILES string of the molecule is CC(=O)CS1(OS(=O)(=O)c2ccc(C)cc2)CCSCC1. The molecule has 1 aromatic rings. The Labute approximate surface area is 132 Å². The van der Waals surface area contributed by atoms with Gasteiger partial charge in [-0.3, -0.25) is 4.79 Å². The number of rotatable bonds is 5. The highest BCUT2D eigenvalue weighted by atomic mass is 32.3. The lowest BCUT2D eigenvalue weighted by molar-refractivity contribution is -0.114. The van der Waals surface area contributed by atoms with Crippen LogP contribution in [-0.2, 0) is 18.5 Å². The Bertz CT molecular complexity index is 602. The quantitative estimate of drug-likeness (QED) is 0.819. The Morgan fingerprint density at radius 1 is 1.24 bits per heavy atom. The maximum absolute atomic E-state index is 12.5. The summed E-state index contributed by atoms with van der Waals surface area (Å²) < 4.78 is 30.6. The van der Waals surface area contributed by atoms with Gasteiger partial charge in [0.25, 0.3) is 0 Å². The topological polar surface area (TPSA) is 60.4 Å². The first-order chi connectivity index (χ1) is 9.83. The van der Waals surface area contributed by atoms with Crippen LogP contribution < -0.4 is 0 Å². The predicted molar refractivity (Wildman–Crippen MR) is 89.6 cm³/mol. The van der Waals surface area contributed by atoms with Crippen molar-refractivity contribution in [3.05, 3.63) is 29.8 Å². The molecule has 0 atom stereocenters. The summed E-state index contributed by atoms with van der Waals surface area (Å²) in [5.74, 6) is 3.28. The van der Waals surface area contributed by atoms with Gasteiger partial charge in [-0.05, 0) is 26.0 Å². The van der Waals surface area contributed by atoms with Gasteiger partial charge >= 0.3 is 10.1 Å². The fraction of sp³-hybridized carbons (Fsp3) is 0.500. The second-order valence-electron chi connectivity index (χ2n) is 5.17. The molecule has 0 saturated carbocycles. The highest BCUT2D eigenvalue weighted by Gasteiger charge is 2.35. The summed E-state index contributed by atoms with van der Waals surface area (Å²) in [6.45, 7) is 3.40. The van der Waals surface area contributed by atoms with E-state index in [2.05, 4.69) is 0 Å². The molecule has 0 unspecified atom stereocenters. The number of carbonyl (C=O) groups is 1. The molecular weight excluding hydrogens is 328 g/mol. The Morgan fingerprint density at radius 2 is 1.81 bits per heavy atom. The lowest BCUT2D eigenvalue weighted by atomic mass is 10.2. The molecule has 1 aliphatic rings. The number of ketones is 1. The number of aryl methyl sites for hydroxylation is 1. The molecule has 0 amide bonds. The third-order valence-corrected chi connectivity index (χ3v) is 10.3. The summed E-state index contributed by atoms with van der Waals surface area (Å²) in [5, 5.41) is 0. The van der Waals surface area contributed by atoms with Gasteiger partial charge in [0.1, 0.15) is 5.78 Å². The minimum atomic E-state index is -3.81. The van der Waals surface area contributed by atoms with Gasteiger partial charge < -0.3 is 0 Å². The lowest BCUT2D eigenvalue weighted by Gasteiger charge is -2.40. The molecule has 1 heterocycles. The standard InChI is InChI=1S/C14H20O4S3/c1-12-3-5-14(6-4-12)21(16,17)18-20(11-13(2)15)9-7-19-8-10-20/h3-6H,7-11H2,1-2H3. The number of thioether (sulfide) groups is 1. The predicted octanol–water partition coefficient (Wildman–Crippen LogP) is 2.76. The molecule has 0 bridgehead atoms. The van der Waals surface area contributed by atoms with Crippen LogP contribution in [0.2, 0.25) is 0 Å². The van der Waals surface area contributed by atoms with Crippen LogP contribution in [0.25, 0.3) is 0 Å². The van der Waals surface area contributed by atoms with Gasteiger partial charge in [-0.15, -0.1) is 10.3 Å². The van der Waals surface area contributed by atoms with E-state index in [1.54, 1.807) is 36.0 Å². The van der Waals surface area contributed by atoms with E-state index in [9.17, 15) is 13.2 Å². The molecule has 7 heteroatoms. The molecule has 2 rings (SSSR count). The molecule has 21 heavy (non-hydrogen) atoms. The Hall–Kier alpha value is -0.500. The van der Waals surface area contributed by atoms with E-state index in [0.29, 0.717) is 11.5 Å². The highest BCUT2D eigenvalue weighted by Crippen LogP contribution is 2.54. The summed E-state index contributed by atoms with van der Waals surface area (Å²) in [4.78, 5) is 11.7. The van der Waals surface area contributed by atoms with E-state index in [-0.39, 0.29) is 16.4 Å². The van der Waals surface area contributed by atoms with Gasteiger partial charge in [0.2, 0.25) is 0 Å². The van der Waals surface area contributed by atoms with Gasteiger partial charge in [0.15, 0.2) is 0 Å². The molecule has 1 fully saturated rings. The van der Waals surface area contributed by atoms with Gasteiger partial charge in [0, 0.05) is 23.0 Å². The van der Waals surface area contributed by atoms with Crippen molar-refractivity contribution in [1.82, 2.24) is 0 Å². The van der Waals surface area contributed by atoms with E-state index in [1.807, 2.05) is 6.92 Å². The van der Waals surface area contributed by atoms with Gasteiger partial charge in [-0.25, -0.2) is 3.63 Å². The molecule has 0 aromatic heterocycles. The smallest absolute Gasteiger partial charge is 0.299 e. The minimum absolute atomic E-state index is 0.00370. The second-order valence-corrected chi connectivity index (χ2v) is 11.4. The van der Waals surface area contributed by atoms with Crippen LogP contribution in [0.5, 0.6) is 0 Å². The average Bonchev–Trinajstić information content (AvgIpc) is 2.38. The zero-order chi connectivity index (χ0) is 15.5. The summed E-state index contributed by atoms with van der Waals surface area (Å²) in [7, 11) is -5.68. The highest BCUT2D eigenvalue weighted by molar-refractivity contribution is 8.34. The molecule has 0 radical (unpaired) electrons. The maximum Gasteiger partial charge on any atom is 0.306 e. The van der Waals surface area contributed by atoms with Gasteiger partial charge in [-0.2, -0.15) is 20.2 Å².